The second kappa shape index (κ2) is 15.5. The Morgan fingerprint density at radius 1 is 1.04 bits per heavy atom. The van der Waals surface area contributed by atoms with Crippen LogP contribution >= 0.6 is 0 Å². The molecule has 5 N–H and O–H groups in total. The number of carbonyl (C=O) groups is 4. The molecule has 3 aromatic rings. The number of hydrogen-bond acceptors (Lipinski definition) is 6. The van der Waals surface area contributed by atoms with E-state index in [1.165, 1.54) is 9.80 Å². The van der Waals surface area contributed by atoms with Crippen LogP contribution in [-0.2, 0) is 25.7 Å². The largest absolute Gasteiger partial charge is 0.387 e. The van der Waals surface area contributed by atoms with Crippen molar-refractivity contribution in [1.29, 1.82) is 0 Å². The number of rotatable bonds is 15. The molecule has 0 saturated carbocycles. The lowest BCUT2D eigenvalue weighted by atomic mass is 9.82. The van der Waals surface area contributed by atoms with E-state index in [0.29, 0.717) is 17.8 Å². The number of hydrogen-bond donors (Lipinski definition) is 4. The van der Waals surface area contributed by atoms with Crippen LogP contribution < -0.4 is 16.4 Å². The monoisotopic (exact) mass is 666 g/mol. The number of carbonyl (C=O) groups excluding carboxylic acids is 4. The van der Waals surface area contributed by atoms with Gasteiger partial charge < -0.3 is 35.8 Å². The van der Waals surface area contributed by atoms with Gasteiger partial charge in [-0.15, -0.1) is 0 Å². The Hall–Kier alpha value is -4.62. The van der Waals surface area contributed by atoms with Gasteiger partial charge in [0.15, 0.2) is 0 Å². The molecule has 1 saturated heterocycles. The number of nitrogens with one attached hydrogen (secondary N) is 2. The van der Waals surface area contributed by atoms with E-state index < -0.39 is 47.6 Å². The first-order chi connectivity index (χ1) is 22.7. The molecule has 3 atom stereocenters. The number of benzene rings is 2. The molecule has 11 nitrogen and oxygen atoms in total. The van der Waals surface area contributed by atoms with E-state index in [4.69, 9.17) is 5.73 Å². The molecule has 4 rings (SSSR count). The molecule has 1 aliphatic heterocycles. The van der Waals surface area contributed by atoms with Gasteiger partial charge in [-0.25, -0.2) is 8.78 Å². The Morgan fingerprint density at radius 3 is 2.33 bits per heavy atom. The number of nitrogens with zero attached hydrogens (tertiary/aromatic N) is 3. The lowest BCUT2D eigenvalue weighted by Crippen LogP contribution is -2.48. The molecule has 48 heavy (non-hydrogen) atoms. The van der Waals surface area contributed by atoms with Crippen molar-refractivity contribution in [3.8, 4) is 11.1 Å². The van der Waals surface area contributed by atoms with E-state index in [1.54, 1.807) is 19.2 Å². The molecule has 13 heteroatoms. The fourth-order valence-electron chi connectivity index (χ4n) is 5.78. The van der Waals surface area contributed by atoms with Gasteiger partial charge in [0.2, 0.25) is 23.6 Å². The van der Waals surface area contributed by atoms with E-state index in [-0.39, 0.29) is 56.0 Å². The number of halogens is 2. The molecule has 4 amide bonds. The summed E-state index contributed by atoms with van der Waals surface area (Å²) in [6.07, 6.45) is 1.77. The Labute approximate surface area is 279 Å². The van der Waals surface area contributed by atoms with Crippen LogP contribution in [0.4, 0.5) is 8.78 Å². The summed E-state index contributed by atoms with van der Waals surface area (Å²) < 4.78 is 31.1. The van der Waals surface area contributed by atoms with Crippen molar-refractivity contribution < 1.29 is 33.1 Å². The zero-order valence-electron chi connectivity index (χ0n) is 27.7. The summed E-state index contributed by atoms with van der Waals surface area (Å²) >= 11 is 0. The highest BCUT2D eigenvalue weighted by molar-refractivity contribution is 5.99. The van der Waals surface area contributed by atoms with Gasteiger partial charge in [0.05, 0.1) is 12.1 Å². The summed E-state index contributed by atoms with van der Waals surface area (Å²) in [5, 5.41) is 15.3. The second-order valence-electron chi connectivity index (χ2n) is 13.1. The summed E-state index contributed by atoms with van der Waals surface area (Å²) in [6, 6.07) is 12.6. The van der Waals surface area contributed by atoms with Crippen LogP contribution in [0.1, 0.15) is 51.4 Å². The van der Waals surface area contributed by atoms with Crippen LogP contribution in [0.5, 0.6) is 0 Å². The second-order valence-corrected chi connectivity index (χ2v) is 13.1. The quantitative estimate of drug-likeness (QED) is 0.145. The Balaban J connectivity index is 1.53. The molecule has 1 aliphatic rings. The molecule has 258 valence electrons. The normalized spacial score (nSPS) is 15.5. The molecule has 0 radical (unpaired) electrons. The molecule has 0 bridgehead atoms. The standard InChI is InChI=1S/C35H44F2N6O5/c1-22-34(48)43(22)20-30(45)39-13-14-40-33(47)28(38)12-15-42(31(46)21-44)32(35(2,3)4)29-16-24(26-17-25(36)10-11-27(26)37)19-41(29)18-23-8-6-5-7-9-23/h5-11,16-17,19,22,28,32,44H,12-15,18,20-21,38H2,1-4H3,(H,39,45)(H,40,47). The van der Waals surface area contributed by atoms with Gasteiger partial charge in [0, 0.05) is 49.2 Å². The number of nitrogens with two attached hydrogens (primary N) is 1. The van der Waals surface area contributed by atoms with Gasteiger partial charge in [-0.05, 0) is 48.6 Å². The van der Waals surface area contributed by atoms with E-state index in [1.807, 2.05) is 55.7 Å². The minimum Gasteiger partial charge on any atom is -0.387 e. The van der Waals surface area contributed by atoms with Crippen molar-refractivity contribution in [2.45, 2.75) is 58.8 Å². The summed E-state index contributed by atoms with van der Waals surface area (Å²) in [4.78, 5) is 52.4. The van der Waals surface area contributed by atoms with Crippen LogP contribution in [0, 0.1) is 17.0 Å². The minimum absolute atomic E-state index is 0.00881. The third-order valence-electron chi connectivity index (χ3n) is 8.35. The maximum absolute atomic E-state index is 15.0. The molecular formula is C35H44F2N6O5. The van der Waals surface area contributed by atoms with Gasteiger partial charge >= 0.3 is 0 Å². The van der Waals surface area contributed by atoms with E-state index in [2.05, 4.69) is 10.6 Å². The SMILES string of the molecule is CC1C(=O)N1CC(=O)NCCNC(=O)C(N)CCN(C(=O)CO)C(c1cc(-c2cc(F)ccc2F)cn1Cc1ccccc1)C(C)(C)C. The fraction of sp³-hybridized carbons (Fsp3) is 0.429. The molecule has 3 unspecified atom stereocenters. The van der Waals surface area contributed by atoms with Gasteiger partial charge in [-0.2, -0.15) is 0 Å². The van der Waals surface area contributed by atoms with Crippen LogP contribution in [0.15, 0.2) is 60.8 Å². The molecule has 2 aromatic carbocycles. The Kier molecular flexibility index (Phi) is 11.7. The molecule has 1 aromatic heterocycles. The molecular weight excluding hydrogens is 622 g/mol. The number of aliphatic hydroxyl groups excluding tert-OH is 1. The highest BCUT2D eigenvalue weighted by atomic mass is 19.1. The summed E-state index contributed by atoms with van der Waals surface area (Å²) in [7, 11) is 0. The first-order valence-electron chi connectivity index (χ1n) is 15.9. The van der Waals surface area contributed by atoms with Crippen molar-refractivity contribution in [2.75, 3.05) is 32.8 Å². The van der Waals surface area contributed by atoms with Gasteiger partial charge in [0.25, 0.3) is 0 Å². The Bertz CT molecular complexity index is 1620. The maximum atomic E-state index is 15.0. The third kappa shape index (κ3) is 9.04. The first kappa shape index (κ1) is 36.2. The third-order valence-corrected chi connectivity index (χ3v) is 8.35. The average Bonchev–Trinajstić information content (AvgIpc) is 3.39. The van der Waals surface area contributed by atoms with Crippen molar-refractivity contribution >= 4 is 23.6 Å². The zero-order chi connectivity index (χ0) is 35.2. The topological polar surface area (TPSA) is 150 Å². The molecule has 1 fully saturated rings. The van der Waals surface area contributed by atoms with Gasteiger partial charge in [-0.3, -0.25) is 19.2 Å². The molecule has 0 aliphatic carbocycles. The molecule has 0 spiro atoms. The Morgan fingerprint density at radius 2 is 1.71 bits per heavy atom. The number of aliphatic hydroxyl groups is 1. The highest BCUT2D eigenvalue weighted by Crippen LogP contribution is 2.41. The smallest absolute Gasteiger partial charge is 0.248 e. The van der Waals surface area contributed by atoms with Crippen LogP contribution in [0.2, 0.25) is 0 Å². The van der Waals surface area contributed by atoms with Crippen LogP contribution in [0.25, 0.3) is 11.1 Å². The predicted molar refractivity (Wildman–Crippen MR) is 176 cm³/mol. The number of aromatic nitrogens is 1. The highest BCUT2D eigenvalue weighted by Gasteiger charge is 2.42. The summed E-state index contributed by atoms with van der Waals surface area (Å²) in [5.41, 5.74) is 7.64. The molecule has 2 heterocycles. The lowest BCUT2D eigenvalue weighted by molar-refractivity contribution is -0.140. The number of amides is 4. The van der Waals surface area contributed by atoms with Crippen LogP contribution in [-0.4, -0.2) is 88.0 Å². The van der Waals surface area contributed by atoms with E-state index in [9.17, 15) is 33.1 Å². The van der Waals surface area contributed by atoms with Crippen molar-refractivity contribution in [1.82, 2.24) is 25.0 Å². The maximum Gasteiger partial charge on any atom is 0.248 e. The minimum atomic E-state index is -1.01. The fourth-order valence-corrected chi connectivity index (χ4v) is 5.78. The average molecular weight is 667 g/mol. The first-order valence-corrected chi connectivity index (χ1v) is 15.9. The van der Waals surface area contributed by atoms with Crippen molar-refractivity contribution in [3.05, 3.63) is 83.7 Å². The van der Waals surface area contributed by atoms with Gasteiger partial charge in [0.1, 0.15) is 30.8 Å². The van der Waals surface area contributed by atoms with Crippen molar-refractivity contribution in [2.24, 2.45) is 11.1 Å². The lowest BCUT2D eigenvalue weighted by Gasteiger charge is -2.41. The predicted octanol–water partition coefficient (Wildman–Crippen LogP) is 2.57. The van der Waals surface area contributed by atoms with Gasteiger partial charge in [-0.1, -0.05) is 51.1 Å². The van der Waals surface area contributed by atoms with E-state index in [0.717, 1.165) is 23.8 Å². The van der Waals surface area contributed by atoms with Crippen LogP contribution in [0.3, 0.4) is 0 Å². The van der Waals surface area contributed by atoms with E-state index >= 15 is 0 Å². The summed E-state index contributed by atoms with van der Waals surface area (Å²) in [5.74, 6) is -2.69. The van der Waals surface area contributed by atoms with Crippen molar-refractivity contribution in [3.63, 3.8) is 0 Å². The zero-order valence-corrected chi connectivity index (χ0v) is 27.7. The summed E-state index contributed by atoms with van der Waals surface area (Å²) in [6.45, 7) is 7.29.